The number of hydrogen-bond acceptors (Lipinski definition) is 7. The first-order chi connectivity index (χ1) is 13.7. The first kappa shape index (κ1) is 20.7. The van der Waals surface area contributed by atoms with Crippen molar-refractivity contribution in [2.24, 2.45) is 0 Å². The van der Waals surface area contributed by atoms with Crippen molar-refractivity contribution in [3.05, 3.63) is 69.8 Å². The maximum absolute atomic E-state index is 12.4. The molecule has 1 heterocycles. The number of aryl methyl sites for hydroxylation is 1. The van der Waals surface area contributed by atoms with Crippen molar-refractivity contribution in [1.29, 1.82) is 0 Å². The van der Waals surface area contributed by atoms with Crippen molar-refractivity contribution in [2.45, 2.75) is 31.0 Å². The molecule has 0 saturated carbocycles. The molecule has 1 unspecified atom stereocenters. The van der Waals surface area contributed by atoms with Crippen molar-refractivity contribution in [3.63, 3.8) is 0 Å². The molecule has 2 aromatic rings. The van der Waals surface area contributed by atoms with E-state index in [0.29, 0.717) is 18.5 Å². The summed E-state index contributed by atoms with van der Waals surface area (Å²) in [5.74, 6) is 0. The van der Waals surface area contributed by atoms with Crippen LogP contribution in [0.15, 0.2) is 53.4 Å². The predicted octanol–water partition coefficient (Wildman–Crippen LogP) is 3.02. The Morgan fingerprint density at radius 3 is 2.45 bits per heavy atom. The summed E-state index contributed by atoms with van der Waals surface area (Å²) in [4.78, 5) is 23.8. The third kappa shape index (κ3) is 5.30. The van der Waals surface area contributed by atoms with E-state index in [4.69, 9.17) is 8.92 Å². The smallest absolute Gasteiger partial charge is 0.410 e. The Kier molecular flexibility index (Phi) is 6.14. The van der Waals surface area contributed by atoms with Gasteiger partial charge in [-0.3, -0.25) is 14.3 Å². The normalized spacial score (nSPS) is 16.6. The number of rotatable bonds is 6. The molecule has 1 saturated heterocycles. The van der Waals surface area contributed by atoms with E-state index < -0.39 is 27.2 Å². The van der Waals surface area contributed by atoms with E-state index in [1.807, 2.05) is 6.92 Å². The maximum atomic E-state index is 12.4. The zero-order chi connectivity index (χ0) is 21.0. The molecular weight excluding hydrogens is 400 g/mol. The number of likely N-dealkylation sites (tertiary alicyclic amines) is 1. The van der Waals surface area contributed by atoms with Crippen molar-refractivity contribution in [1.82, 2.24) is 4.90 Å². The standard InChI is InChI=1S/C19H20N2O7S/c1-14-2-8-18(9-3-14)29(25,26)28-17-10-11-20(12-17)19(22)27-13-15-4-6-16(7-5-15)21(23)24/h2-9,17H,10-13H2,1H3. The minimum atomic E-state index is -3.91. The molecule has 1 fully saturated rings. The molecule has 1 amide bonds. The van der Waals surface area contributed by atoms with Crippen LogP contribution < -0.4 is 0 Å². The Morgan fingerprint density at radius 2 is 1.83 bits per heavy atom. The lowest BCUT2D eigenvalue weighted by Gasteiger charge is -2.16. The second-order valence-electron chi connectivity index (χ2n) is 6.70. The Labute approximate surface area is 168 Å². The lowest BCUT2D eigenvalue weighted by Crippen LogP contribution is -2.31. The van der Waals surface area contributed by atoms with Gasteiger partial charge < -0.3 is 9.64 Å². The fourth-order valence-electron chi connectivity index (χ4n) is 2.86. The molecular formula is C19H20N2O7S. The number of hydrogen-bond donors (Lipinski definition) is 0. The molecule has 0 N–H and O–H groups in total. The topological polar surface area (TPSA) is 116 Å². The van der Waals surface area contributed by atoms with Gasteiger partial charge in [-0.15, -0.1) is 0 Å². The Hall–Kier alpha value is -2.98. The number of nitro groups is 1. The molecule has 0 aromatic heterocycles. The number of carbonyl (C=O) groups is 1. The summed E-state index contributed by atoms with van der Waals surface area (Å²) in [6, 6.07) is 12.0. The van der Waals surface area contributed by atoms with Crippen LogP contribution in [0.1, 0.15) is 17.5 Å². The van der Waals surface area contributed by atoms with E-state index in [2.05, 4.69) is 0 Å². The van der Waals surface area contributed by atoms with E-state index in [1.54, 1.807) is 12.1 Å². The van der Waals surface area contributed by atoms with Crippen molar-refractivity contribution < 1.29 is 27.1 Å². The van der Waals surface area contributed by atoms with E-state index in [9.17, 15) is 23.3 Å². The van der Waals surface area contributed by atoms with Crippen LogP contribution in [0.4, 0.5) is 10.5 Å². The first-order valence-corrected chi connectivity index (χ1v) is 10.3. The highest BCUT2D eigenvalue weighted by atomic mass is 32.2. The number of benzene rings is 2. The van der Waals surface area contributed by atoms with Crippen LogP contribution in [0.25, 0.3) is 0 Å². The molecule has 29 heavy (non-hydrogen) atoms. The van der Waals surface area contributed by atoms with Gasteiger partial charge in [0, 0.05) is 18.7 Å². The summed E-state index contributed by atoms with van der Waals surface area (Å²) in [5, 5.41) is 10.6. The number of carbonyl (C=O) groups excluding carboxylic acids is 1. The molecule has 0 radical (unpaired) electrons. The molecule has 9 nitrogen and oxygen atoms in total. The largest absolute Gasteiger partial charge is 0.445 e. The van der Waals surface area contributed by atoms with Gasteiger partial charge in [0.25, 0.3) is 15.8 Å². The van der Waals surface area contributed by atoms with Gasteiger partial charge in [0.2, 0.25) is 0 Å². The molecule has 10 heteroatoms. The van der Waals surface area contributed by atoms with Gasteiger partial charge >= 0.3 is 6.09 Å². The lowest BCUT2D eigenvalue weighted by molar-refractivity contribution is -0.384. The van der Waals surface area contributed by atoms with Gasteiger partial charge in [-0.25, -0.2) is 4.79 Å². The molecule has 1 aliphatic heterocycles. The van der Waals surface area contributed by atoms with Crippen molar-refractivity contribution in [3.8, 4) is 0 Å². The van der Waals surface area contributed by atoms with Crippen LogP contribution in [-0.2, 0) is 25.6 Å². The van der Waals surface area contributed by atoms with Crippen LogP contribution in [0.3, 0.4) is 0 Å². The molecule has 1 aliphatic rings. The van der Waals surface area contributed by atoms with Crippen LogP contribution >= 0.6 is 0 Å². The SMILES string of the molecule is Cc1ccc(S(=O)(=O)OC2CCN(C(=O)OCc3ccc([N+](=O)[O-])cc3)C2)cc1. The number of non-ortho nitro benzene ring substituents is 1. The number of nitrogens with zero attached hydrogens (tertiary/aromatic N) is 2. The van der Waals surface area contributed by atoms with Gasteiger partial charge in [0.15, 0.2) is 0 Å². The fourth-order valence-corrected chi connectivity index (χ4v) is 3.96. The lowest BCUT2D eigenvalue weighted by atomic mass is 10.2. The first-order valence-electron chi connectivity index (χ1n) is 8.89. The van der Waals surface area contributed by atoms with Crippen LogP contribution in [-0.4, -0.2) is 43.5 Å². The highest BCUT2D eigenvalue weighted by Crippen LogP contribution is 2.21. The van der Waals surface area contributed by atoms with Crippen molar-refractivity contribution in [2.75, 3.05) is 13.1 Å². The molecule has 3 rings (SSSR count). The minimum Gasteiger partial charge on any atom is -0.445 e. The summed E-state index contributed by atoms with van der Waals surface area (Å²) >= 11 is 0. The summed E-state index contributed by atoms with van der Waals surface area (Å²) in [6.45, 7) is 2.23. The summed E-state index contributed by atoms with van der Waals surface area (Å²) in [7, 11) is -3.91. The minimum absolute atomic E-state index is 0.0412. The Morgan fingerprint density at radius 1 is 1.17 bits per heavy atom. The second kappa shape index (κ2) is 8.58. The number of amides is 1. The van der Waals surface area contributed by atoms with E-state index in [1.165, 1.54) is 41.3 Å². The van der Waals surface area contributed by atoms with Gasteiger partial charge in [0.05, 0.1) is 22.5 Å². The summed E-state index contributed by atoms with van der Waals surface area (Å²) in [6.07, 6.45) is -0.868. The van der Waals surface area contributed by atoms with Gasteiger partial charge in [0.1, 0.15) is 6.61 Å². The van der Waals surface area contributed by atoms with E-state index >= 15 is 0 Å². The van der Waals surface area contributed by atoms with Crippen LogP contribution in [0.2, 0.25) is 0 Å². The van der Waals surface area contributed by atoms with Crippen LogP contribution in [0.5, 0.6) is 0 Å². The van der Waals surface area contributed by atoms with Crippen LogP contribution in [0, 0.1) is 17.0 Å². The average Bonchev–Trinajstić information content (AvgIpc) is 3.14. The third-order valence-corrected chi connectivity index (χ3v) is 5.86. The van der Waals surface area contributed by atoms with Gasteiger partial charge in [-0.05, 0) is 43.2 Å². The highest BCUT2D eigenvalue weighted by Gasteiger charge is 2.32. The molecule has 2 aromatic carbocycles. The molecule has 1 atom stereocenters. The summed E-state index contributed by atoms with van der Waals surface area (Å²) in [5.41, 5.74) is 1.50. The summed E-state index contributed by atoms with van der Waals surface area (Å²) < 4.78 is 35.2. The second-order valence-corrected chi connectivity index (χ2v) is 8.27. The number of ether oxygens (including phenoxy) is 1. The molecule has 0 aliphatic carbocycles. The average molecular weight is 420 g/mol. The van der Waals surface area contributed by atoms with E-state index in [0.717, 1.165) is 5.56 Å². The zero-order valence-corrected chi connectivity index (χ0v) is 16.5. The third-order valence-electron chi connectivity index (χ3n) is 4.49. The molecule has 0 spiro atoms. The zero-order valence-electron chi connectivity index (χ0n) is 15.7. The highest BCUT2D eigenvalue weighted by molar-refractivity contribution is 7.86. The van der Waals surface area contributed by atoms with Crippen molar-refractivity contribution >= 4 is 21.9 Å². The van der Waals surface area contributed by atoms with E-state index in [-0.39, 0.29) is 23.7 Å². The quantitative estimate of drug-likeness (QED) is 0.401. The van der Waals surface area contributed by atoms with Gasteiger partial charge in [-0.2, -0.15) is 8.42 Å². The predicted molar refractivity (Wildman–Crippen MR) is 103 cm³/mol. The number of nitro benzene ring substituents is 1. The monoisotopic (exact) mass is 420 g/mol. The maximum Gasteiger partial charge on any atom is 0.410 e. The van der Waals surface area contributed by atoms with Gasteiger partial charge in [-0.1, -0.05) is 17.7 Å². The Bertz CT molecular complexity index is 988. The molecule has 0 bridgehead atoms. The Balaban J connectivity index is 1.51. The fraction of sp³-hybridized carbons (Fsp3) is 0.316. The molecule has 154 valence electrons.